The number of para-hydroxylation sites is 1. The summed E-state index contributed by atoms with van der Waals surface area (Å²) in [6.45, 7) is 0.621. The first-order valence-corrected chi connectivity index (χ1v) is 11.2. The molecule has 0 unspecified atom stereocenters. The fourth-order valence-electron chi connectivity index (χ4n) is 4.07. The number of rotatable bonds is 4. The van der Waals surface area contributed by atoms with Crippen LogP contribution >= 0.6 is 0 Å². The second-order valence-corrected chi connectivity index (χ2v) is 9.17. The normalized spacial score (nSPS) is 19.5. The third-order valence-corrected chi connectivity index (χ3v) is 6.64. The highest BCUT2D eigenvalue weighted by molar-refractivity contribution is 7.88. The zero-order chi connectivity index (χ0) is 17.9. The largest absolute Gasteiger partial charge is 0.311 e. The Labute approximate surface area is 151 Å². The number of sulfonamides is 1. The topological polar surface area (TPSA) is 57.7 Å². The van der Waals surface area contributed by atoms with Crippen molar-refractivity contribution in [3.63, 3.8) is 0 Å². The third-order valence-electron chi connectivity index (χ3n) is 5.36. The zero-order valence-electron chi connectivity index (χ0n) is 15.0. The Balaban J connectivity index is 1.79. The number of aryl methyl sites for hydroxylation is 1. The summed E-state index contributed by atoms with van der Waals surface area (Å²) in [5.41, 5.74) is 2.11. The number of benzene rings is 1. The van der Waals surface area contributed by atoms with Crippen LogP contribution in [-0.4, -0.2) is 44.0 Å². The molecule has 1 aromatic carbocycles. The lowest BCUT2D eigenvalue weighted by Crippen LogP contribution is -2.48. The first-order valence-electron chi connectivity index (χ1n) is 9.32. The number of hydrogen-bond donors (Lipinski definition) is 0. The lowest BCUT2D eigenvalue weighted by molar-refractivity contribution is -0.119. The summed E-state index contributed by atoms with van der Waals surface area (Å²) in [6.07, 6.45) is 9.23. The lowest BCUT2D eigenvalue weighted by atomic mass is 10.0. The van der Waals surface area contributed by atoms with Crippen molar-refractivity contribution in [2.45, 2.75) is 57.4 Å². The van der Waals surface area contributed by atoms with Gasteiger partial charge >= 0.3 is 0 Å². The molecule has 1 aromatic rings. The van der Waals surface area contributed by atoms with Crippen LogP contribution in [0.15, 0.2) is 24.3 Å². The molecule has 1 aliphatic carbocycles. The Morgan fingerprint density at radius 1 is 1.12 bits per heavy atom. The average Bonchev–Trinajstić information content (AvgIpc) is 2.87. The molecule has 1 aliphatic heterocycles. The molecule has 0 aromatic heterocycles. The van der Waals surface area contributed by atoms with Gasteiger partial charge in [-0.25, -0.2) is 8.42 Å². The molecule has 0 spiro atoms. The van der Waals surface area contributed by atoms with Crippen molar-refractivity contribution in [1.82, 2.24) is 4.31 Å². The molecular formula is C19H28N2O3S. The van der Waals surface area contributed by atoms with Gasteiger partial charge < -0.3 is 4.90 Å². The molecule has 138 valence electrons. The van der Waals surface area contributed by atoms with Crippen LogP contribution in [0, 0.1) is 0 Å². The summed E-state index contributed by atoms with van der Waals surface area (Å²) < 4.78 is 26.2. The lowest BCUT2D eigenvalue weighted by Gasteiger charge is -2.33. The first kappa shape index (κ1) is 18.4. The molecule has 25 heavy (non-hydrogen) atoms. The van der Waals surface area contributed by atoms with E-state index in [-0.39, 0.29) is 18.5 Å². The summed E-state index contributed by atoms with van der Waals surface area (Å²) in [7, 11) is -3.41. The number of carbonyl (C=O) groups excluding carboxylic acids is 1. The minimum Gasteiger partial charge on any atom is -0.311 e. The molecule has 1 fully saturated rings. The van der Waals surface area contributed by atoms with E-state index in [1.165, 1.54) is 16.1 Å². The maximum atomic E-state index is 13.0. The van der Waals surface area contributed by atoms with Crippen molar-refractivity contribution in [1.29, 1.82) is 0 Å². The molecule has 6 heteroatoms. The van der Waals surface area contributed by atoms with Crippen LogP contribution in [0.2, 0.25) is 0 Å². The van der Waals surface area contributed by atoms with Gasteiger partial charge in [0.15, 0.2) is 0 Å². The Hall–Kier alpha value is -1.40. The Morgan fingerprint density at radius 3 is 2.48 bits per heavy atom. The molecule has 0 radical (unpaired) electrons. The number of nitrogens with zero attached hydrogens (tertiary/aromatic N) is 2. The first-order chi connectivity index (χ1) is 12.0. The maximum absolute atomic E-state index is 13.0. The van der Waals surface area contributed by atoms with Crippen LogP contribution in [0.5, 0.6) is 0 Å². The zero-order valence-corrected chi connectivity index (χ0v) is 15.8. The van der Waals surface area contributed by atoms with Gasteiger partial charge in [0, 0.05) is 18.3 Å². The predicted octanol–water partition coefficient (Wildman–Crippen LogP) is 2.95. The highest BCUT2D eigenvalue weighted by Gasteiger charge is 2.32. The van der Waals surface area contributed by atoms with E-state index < -0.39 is 10.0 Å². The number of hydrogen-bond acceptors (Lipinski definition) is 3. The van der Waals surface area contributed by atoms with Gasteiger partial charge in [0.25, 0.3) is 0 Å². The molecule has 1 heterocycles. The summed E-state index contributed by atoms with van der Waals surface area (Å²) in [4.78, 5) is 14.7. The standard InChI is InChI=1S/C19H28N2O3S/c1-25(23,24)21(17-11-4-2-3-5-12-17)15-19(22)20-14-8-10-16-9-6-7-13-18(16)20/h6-7,9,13,17H,2-5,8,10-12,14-15H2,1H3. The molecule has 0 atom stereocenters. The van der Waals surface area contributed by atoms with Crippen molar-refractivity contribution in [2.24, 2.45) is 0 Å². The van der Waals surface area contributed by atoms with E-state index in [4.69, 9.17) is 0 Å². The van der Waals surface area contributed by atoms with Crippen LogP contribution in [0.25, 0.3) is 0 Å². The Kier molecular flexibility index (Phi) is 5.79. The molecule has 0 bridgehead atoms. The number of amides is 1. The van der Waals surface area contributed by atoms with Gasteiger partial charge in [-0.2, -0.15) is 4.31 Å². The van der Waals surface area contributed by atoms with E-state index in [1.54, 1.807) is 4.90 Å². The van der Waals surface area contributed by atoms with Crippen molar-refractivity contribution in [2.75, 3.05) is 24.2 Å². The highest BCUT2D eigenvalue weighted by Crippen LogP contribution is 2.28. The summed E-state index contributed by atoms with van der Waals surface area (Å²) in [6, 6.07) is 7.89. The monoisotopic (exact) mass is 364 g/mol. The van der Waals surface area contributed by atoms with Crippen LogP contribution in [-0.2, 0) is 21.2 Å². The Morgan fingerprint density at radius 2 is 1.80 bits per heavy atom. The summed E-state index contributed by atoms with van der Waals surface area (Å²) in [5.74, 6) is -0.109. The van der Waals surface area contributed by atoms with E-state index in [9.17, 15) is 13.2 Å². The molecular weight excluding hydrogens is 336 g/mol. The minimum absolute atomic E-state index is 0.0403. The van der Waals surface area contributed by atoms with Gasteiger partial charge in [0.1, 0.15) is 0 Å². The highest BCUT2D eigenvalue weighted by atomic mass is 32.2. The van der Waals surface area contributed by atoms with Gasteiger partial charge in [0.2, 0.25) is 15.9 Å². The van der Waals surface area contributed by atoms with E-state index in [1.807, 2.05) is 18.2 Å². The summed E-state index contributed by atoms with van der Waals surface area (Å²) in [5, 5.41) is 0. The molecule has 1 amide bonds. The van der Waals surface area contributed by atoms with E-state index in [0.717, 1.165) is 57.1 Å². The van der Waals surface area contributed by atoms with Crippen LogP contribution in [0.4, 0.5) is 5.69 Å². The second kappa shape index (κ2) is 7.87. The molecule has 3 rings (SSSR count). The van der Waals surface area contributed by atoms with Crippen molar-refractivity contribution < 1.29 is 13.2 Å². The molecule has 5 nitrogen and oxygen atoms in total. The van der Waals surface area contributed by atoms with Gasteiger partial charge in [-0.05, 0) is 37.3 Å². The van der Waals surface area contributed by atoms with Gasteiger partial charge in [-0.15, -0.1) is 0 Å². The van der Waals surface area contributed by atoms with Crippen LogP contribution < -0.4 is 4.90 Å². The van der Waals surface area contributed by atoms with Gasteiger partial charge in [-0.3, -0.25) is 4.79 Å². The predicted molar refractivity (Wildman–Crippen MR) is 100 cm³/mol. The molecule has 1 saturated carbocycles. The third kappa shape index (κ3) is 4.42. The van der Waals surface area contributed by atoms with E-state index >= 15 is 0 Å². The van der Waals surface area contributed by atoms with Crippen molar-refractivity contribution in [3.05, 3.63) is 29.8 Å². The number of fused-ring (bicyclic) bond motifs is 1. The SMILES string of the molecule is CS(=O)(=O)N(CC(=O)N1CCCc2ccccc21)C1CCCCCC1. The van der Waals surface area contributed by atoms with Gasteiger partial charge in [-0.1, -0.05) is 43.9 Å². The number of anilines is 1. The van der Waals surface area contributed by atoms with E-state index in [2.05, 4.69) is 6.07 Å². The second-order valence-electron chi connectivity index (χ2n) is 7.23. The van der Waals surface area contributed by atoms with E-state index in [0.29, 0.717) is 6.54 Å². The van der Waals surface area contributed by atoms with Crippen LogP contribution in [0.1, 0.15) is 50.5 Å². The minimum atomic E-state index is -3.41. The quantitative estimate of drug-likeness (QED) is 0.772. The van der Waals surface area contributed by atoms with Crippen molar-refractivity contribution in [3.8, 4) is 0 Å². The maximum Gasteiger partial charge on any atom is 0.242 e. The molecule has 0 saturated heterocycles. The fraction of sp³-hybridized carbons (Fsp3) is 0.632. The molecule has 0 N–H and O–H groups in total. The Bertz CT molecular complexity index is 709. The van der Waals surface area contributed by atoms with Crippen molar-refractivity contribution >= 4 is 21.6 Å². The smallest absolute Gasteiger partial charge is 0.242 e. The van der Waals surface area contributed by atoms with Gasteiger partial charge in [0.05, 0.1) is 12.8 Å². The average molecular weight is 365 g/mol. The van der Waals surface area contributed by atoms with Crippen LogP contribution in [0.3, 0.4) is 0 Å². The molecule has 2 aliphatic rings. The number of carbonyl (C=O) groups is 1. The fourth-order valence-corrected chi connectivity index (χ4v) is 5.17. The summed E-state index contributed by atoms with van der Waals surface area (Å²) >= 11 is 0.